The Morgan fingerprint density at radius 2 is 1.15 bits per heavy atom. The average Bonchev–Trinajstić information content (AvgIpc) is 3.86. The molecule has 1 N–H and O–H groups in total. The van der Waals surface area contributed by atoms with Crippen LogP contribution in [0.1, 0.15) is 24.0 Å². The maximum Gasteiger partial charge on any atom is 0.161 e. The maximum atomic E-state index is 14.8. The fourth-order valence-electron chi connectivity index (χ4n) is 9.56. The first-order valence-electron chi connectivity index (χ1n) is 21.6. The molecule has 59 heavy (non-hydrogen) atoms. The van der Waals surface area contributed by atoms with E-state index >= 15 is 0 Å². The number of halogens is 1. The third-order valence-electron chi connectivity index (χ3n) is 12.7. The molecule has 0 spiro atoms. The van der Waals surface area contributed by atoms with Gasteiger partial charge in [0.2, 0.25) is 0 Å². The summed E-state index contributed by atoms with van der Waals surface area (Å²) in [6.07, 6.45) is 8.59. The summed E-state index contributed by atoms with van der Waals surface area (Å²) in [5, 5.41) is 2.26. The molecular weight excluding hydrogens is 744 g/mol. The first-order valence-corrected chi connectivity index (χ1v) is 21.6. The van der Waals surface area contributed by atoms with Crippen molar-refractivity contribution >= 4 is 21.8 Å². The van der Waals surface area contributed by atoms with Crippen LogP contribution in [0.25, 0.3) is 27.5 Å². The highest BCUT2D eigenvalue weighted by Gasteiger charge is 2.27. The summed E-state index contributed by atoms with van der Waals surface area (Å²) in [6.45, 7) is 13.4. The van der Waals surface area contributed by atoms with Gasteiger partial charge in [0.25, 0.3) is 0 Å². The van der Waals surface area contributed by atoms with Crippen molar-refractivity contribution in [2.45, 2.75) is 37.9 Å². The van der Waals surface area contributed by atoms with Gasteiger partial charge >= 0.3 is 0 Å². The van der Waals surface area contributed by atoms with Crippen molar-refractivity contribution in [1.29, 1.82) is 0 Å². The number of rotatable bonds is 13. The van der Waals surface area contributed by atoms with Crippen molar-refractivity contribution in [2.24, 2.45) is 0 Å². The zero-order valence-electron chi connectivity index (χ0n) is 33.9. The largest absolute Gasteiger partial charge is 0.486 e. The molecule has 308 valence electrons. The number of hydrogen-bond donors (Lipinski definition) is 1. The minimum Gasteiger partial charge on any atom is -0.486 e. The van der Waals surface area contributed by atoms with Crippen LogP contribution in [-0.2, 0) is 12.8 Å². The maximum absolute atomic E-state index is 14.8. The Morgan fingerprint density at radius 1 is 0.593 bits per heavy atom. The molecule has 2 unspecified atom stereocenters. The summed E-state index contributed by atoms with van der Waals surface area (Å²) in [5.41, 5.74) is 5.88. The van der Waals surface area contributed by atoms with Crippen molar-refractivity contribution in [3.63, 3.8) is 0 Å². The lowest BCUT2D eigenvalue weighted by atomic mass is 10.1. The SMILES string of the molecule is Fc1ccc2c(c1)c(CCCN1CCN(CC3COc4ccccc4O3)CC1)cn2-c1cccc2[nH]cc(CCCN3CCN(CC4COc5ccccc5O4)CC3)c12. The summed E-state index contributed by atoms with van der Waals surface area (Å²) in [6, 6.07) is 27.7. The van der Waals surface area contributed by atoms with Crippen LogP contribution >= 0.6 is 0 Å². The van der Waals surface area contributed by atoms with Gasteiger partial charge in [-0.15, -0.1) is 0 Å². The van der Waals surface area contributed by atoms with Gasteiger partial charge < -0.3 is 38.3 Å². The zero-order valence-corrected chi connectivity index (χ0v) is 33.9. The minimum atomic E-state index is -0.188. The van der Waals surface area contributed by atoms with Gasteiger partial charge in [-0.2, -0.15) is 0 Å². The fraction of sp³-hybridized carbons (Fsp3) is 0.417. The summed E-state index contributed by atoms with van der Waals surface area (Å²) < 4.78 is 41.5. The normalized spacial score (nSPS) is 20.4. The fourth-order valence-corrected chi connectivity index (χ4v) is 9.56. The zero-order chi connectivity index (χ0) is 39.5. The first kappa shape index (κ1) is 38.2. The van der Waals surface area contributed by atoms with Gasteiger partial charge in [0, 0.05) is 94.1 Å². The molecule has 0 amide bonds. The van der Waals surface area contributed by atoms with E-state index in [1.807, 2.05) is 54.6 Å². The van der Waals surface area contributed by atoms with E-state index in [0.717, 1.165) is 149 Å². The summed E-state index contributed by atoms with van der Waals surface area (Å²) in [5.74, 6) is 3.18. The highest BCUT2D eigenvalue weighted by molar-refractivity contribution is 5.95. The predicted octanol–water partition coefficient (Wildman–Crippen LogP) is 7.03. The van der Waals surface area contributed by atoms with Gasteiger partial charge in [-0.05, 0) is 104 Å². The number of hydrogen-bond acceptors (Lipinski definition) is 8. The van der Waals surface area contributed by atoms with E-state index in [1.54, 1.807) is 12.1 Å². The number of piperazine rings is 2. The molecule has 4 aromatic carbocycles. The topological polar surface area (TPSA) is 70.6 Å². The second-order valence-electron chi connectivity index (χ2n) is 16.7. The number of para-hydroxylation sites is 4. The van der Waals surface area contributed by atoms with Gasteiger partial charge in [0.05, 0.1) is 11.2 Å². The Labute approximate surface area is 346 Å². The second kappa shape index (κ2) is 17.3. The molecule has 2 saturated heterocycles. The smallest absolute Gasteiger partial charge is 0.161 e. The number of fused-ring (bicyclic) bond motifs is 4. The quantitative estimate of drug-likeness (QED) is 0.134. The van der Waals surface area contributed by atoms with Crippen LogP contribution in [0.5, 0.6) is 23.0 Å². The van der Waals surface area contributed by atoms with Gasteiger partial charge in [0.15, 0.2) is 23.0 Å². The minimum absolute atomic E-state index is 0.0539. The molecule has 6 aromatic rings. The summed E-state index contributed by atoms with van der Waals surface area (Å²) in [7, 11) is 0. The van der Waals surface area contributed by atoms with Crippen molar-refractivity contribution in [3.05, 3.63) is 114 Å². The Hall–Kier alpha value is -5.07. The second-order valence-corrected chi connectivity index (χ2v) is 16.7. The van der Waals surface area contributed by atoms with E-state index in [-0.39, 0.29) is 18.0 Å². The number of benzene rings is 4. The number of nitrogens with one attached hydrogen (secondary N) is 1. The lowest BCUT2D eigenvalue weighted by Gasteiger charge is -2.37. The van der Waals surface area contributed by atoms with Crippen molar-refractivity contribution < 1.29 is 23.3 Å². The van der Waals surface area contributed by atoms with Crippen LogP contribution in [0, 0.1) is 5.82 Å². The molecule has 10 rings (SSSR count). The van der Waals surface area contributed by atoms with Gasteiger partial charge in [-0.25, -0.2) is 4.39 Å². The predicted molar refractivity (Wildman–Crippen MR) is 230 cm³/mol. The van der Waals surface area contributed by atoms with E-state index in [9.17, 15) is 4.39 Å². The molecule has 4 aliphatic rings. The summed E-state index contributed by atoms with van der Waals surface area (Å²) >= 11 is 0. The highest BCUT2D eigenvalue weighted by atomic mass is 19.1. The number of H-pyrrole nitrogens is 1. The van der Waals surface area contributed by atoms with Gasteiger partial charge in [-0.1, -0.05) is 30.3 Å². The van der Waals surface area contributed by atoms with Crippen LogP contribution in [0.2, 0.25) is 0 Å². The van der Waals surface area contributed by atoms with Crippen LogP contribution in [0.4, 0.5) is 4.39 Å². The molecule has 10 nitrogen and oxygen atoms in total. The lowest BCUT2D eigenvalue weighted by Crippen LogP contribution is -2.50. The lowest BCUT2D eigenvalue weighted by molar-refractivity contribution is 0.0402. The van der Waals surface area contributed by atoms with Crippen LogP contribution in [0.15, 0.2) is 97.3 Å². The van der Waals surface area contributed by atoms with E-state index < -0.39 is 0 Å². The average molecular weight is 799 g/mol. The van der Waals surface area contributed by atoms with Crippen molar-refractivity contribution in [2.75, 3.05) is 91.8 Å². The number of nitrogens with zero attached hydrogens (tertiary/aromatic N) is 5. The van der Waals surface area contributed by atoms with E-state index in [2.05, 4.69) is 59.7 Å². The monoisotopic (exact) mass is 798 g/mol. The Balaban J connectivity index is 0.734. The molecule has 11 heteroatoms. The standard InChI is InChI=1S/C48H55FN6O4/c49-37-16-17-42-40(28-37)36(9-7-19-52-22-26-54(27-23-52)32-39-34-57-45-13-2-4-15-47(45)59-39)30-55(42)43-11-5-10-41-48(43)35(29-50-41)8-6-18-51-20-24-53(25-21-51)31-38-33-56-44-12-1-3-14-46(44)58-38/h1-5,10-17,28-30,38-39,50H,6-9,18-27,31-34H2. The van der Waals surface area contributed by atoms with E-state index in [1.165, 1.54) is 16.5 Å². The highest BCUT2D eigenvalue weighted by Crippen LogP contribution is 2.34. The third kappa shape index (κ3) is 8.52. The molecule has 0 saturated carbocycles. The molecule has 2 aromatic heterocycles. The molecule has 4 aliphatic heterocycles. The molecule has 2 fully saturated rings. The van der Waals surface area contributed by atoms with Crippen molar-refractivity contribution in [1.82, 2.24) is 29.2 Å². The molecule has 0 radical (unpaired) electrons. The Bertz CT molecular complexity index is 2360. The van der Waals surface area contributed by atoms with Gasteiger partial charge in [-0.3, -0.25) is 9.80 Å². The molecule has 0 aliphatic carbocycles. The molecular formula is C48H55FN6O4. The Kier molecular flexibility index (Phi) is 11.2. The molecule has 0 bridgehead atoms. The van der Waals surface area contributed by atoms with Crippen LogP contribution in [0.3, 0.4) is 0 Å². The van der Waals surface area contributed by atoms with Crippen LogP contribution < -0.4 is 18.9 Å². The van der Waals surface area contributed by atoms with Gasteiger partial charge in [0.1, 0.15) is 31.2 Å². The summed E-state index contributed by atoms with van der Waals surface area (Å²) in [4.78, 5) is 13.7. The van der Waals surface area contributed by atoms with E-state index in [0.29, 0.717) is 13.2 Å². The van der Waals surface area contributed by atoms with E-state index in [4.69, 9.17) is 18.9 Å². The number of ether oxygens (including phenoxy) is 4. The third-order valence-corrected chi connectivity index (χ3v) is 12.7. The first-order chi connectivity index (χ1) is 29.1. The Morgan fingerprint density at radius 3 is 1.76 bits per heavy atom. The van der Waals surface area contributed by atoms with Crippen LogP contribution in [-0.4, -0.2) is 133 Å². The van der Waals surface area contributed by atoms with Crippen molar-refractivity contribution in [3.8, 4) is 28.7 Å². The molecule has 2 atom stereocenters. The molecule has 6 heterocycles. The number of aryl methyl sites for hydroxylation is 2. The number of aromatic amines is 1. The number of aromatic nitrogens is 2.